The lowest BCUT2D eigenvalue weighted by atomic mass is 10.1. The van der Waals surface area contributed by atoms with Crippen LogP contribution in [0, 0.1) is 0 Å². The maximum Gasteiger partial charge on any atom is 0.271 e. The summed E-state index contributed by atoms with van der Waals surface area (Å²) in [5.74, 6) is -1.20. The average molecular weight is 484 g/mol. The Kier molecular flexibility index (Phi) is 6.99. The molecule has 0 aliphatic carbocycles. The fourth-order valence-corrected chi connectivity index (χ4v) is 5.01. The van der Waals surface area contributed by atoms with Crippen molar-refractivity contribution in [2.45, 2.75) is 10.6 Å². The molecular formula is C19H15Cl2N3O4S2. The molecule has 0 saturated carbocycles. The first-order valence-corrected chi connectivity index (χ1v) is 11.6. The normalized spacial score (nSPS) is 11.0. The summed E-state index contributed by atoms with van der Waals surface area (Å²) in [4.78, 5) is 24.6. The van der Waals surface area contributed by atoms with Gasteiger partial charge in [0.2, 0.25) is 5.91 Å². The lowest BCUT2D eigenvalue weighted by molar-refractivity contribution is -0.121. The van der Waals surface area contributed by atoms with E-state index in [4.69, 9.17) is 23.2 Å². The summed E-state index contributed by atoms with van der Waals surface area (Å²) < 4.78 is 27.4. The van der Waals surface area contributed by atoms with Gasteiger partial charge in [0.15, 0.2) is 0 Å². The smallest absolute Gasteiger partial charge is 0.271 e. The monoisotopic (exact) mass is 483 g/mol. The fourth-order valence-electron chi connectivity index (χ4n) is 2.46. The topological polar surface area (TPSA) is 104 Å². The van der Waals surface area contributed by atoms with E-state index in [2.05, 4.69) is 15.6 Å². The van der Waals surface area contributed by atoms with E-state index in [0.29, 0.717) is 15.6 Å². The molecule has 0 bridgehead atoms. The Morgan fingerprint density at radius 3 is 2.43 bits per heavy atom. The molecule has 30 heavy (non-hydrogen) atoms. The van der Waals surface area contributed by atoms with Crippen molar-refractivity contribution in [3.63, 3.8) is 0 Å². The summed E-state index contributed by atoms with van der Waals surface area (Å²) in [7, 11) is -3.83. The van der Waals surface area contributed by atoms with Crippen molar-refractivity contribution in [2.24, 2.45) is 0 Å². The number of anilines is 1. The third-order valence-corrected chi connectivity index (χ3v) is 7.21. The van der Waals surface area contributed by atoms with E-state index in [9.17, 15) is 18.0 Å². The Balaban J connectivity index is 1.66. The minimum atomic E-state index is -3.83. The van der Waals surface area contributed by atoms with Crippen molar-refractivity contribution in [3.8, 4) is 0 Å². The Morgan fingerprint density at radius 1 is 0.967 bits per heavy atom. The lowest BCUT2D eigenvalue weighted by Crippen LogP contribution is -2.42. The van der Waals surface area contributed by atoms with Gasteiger partial charge in [0.25, 0.3) is 15.9 Å². The Hall–Kier alpha value is -2.59. The van der Waals surface area contributed by atoms with Gasteiger partial charge in [-0.1, -0.05) is 47.5 Å². The van der Waals surface area contributed by atoms with Crippen LogP contribution in [0.25, 0.3) is 0 Å². The summed E-state index contributed by atoms with van der Waals surface area (Å²) in [6.07, 6.45) is -0.0804. The Bertz CT molecular complexity index is 1180. The zero-order valence-electron chi connectivity index (χ0n) is 15.2. The van der Waals surface area contributed by atoms with Gasteiger partial charge in [-0.15, -0.1) is 11.3 Å². The summed E-state index contributed by atoms with van der Waals surface area (Å²) in [6.45, 7) is 0. The van der Waals surface area contributed by atoms with Crippen LogP contribution < -0.4 is 15.6 Å². The Labute approximate surface area is 187 Å². The summed E-state index contributed by atoms with van der Waals surface area (Å²) in [5, 5.41) is 2.41. The van der Waals surface area contributed by atoms with Gasteiger partial charge in [-0.2, -0.15) is 0 Å². The number of para-hydroxylation sites is 1. The van der Waals surface area contributed by atoms with Crippen LogP contribution in [0.3, 0.4) is 0 Å². The van der Waals surface area contributed by atoms with E-state index in [0.717, 1.165) is 11.3 Å². The van der Waals surface area contributed by atoms with E-state index >= 15 is 0 Å². The first-order valence-electron chi connectivity index (χ1n) is 8.45. The van der Waals surface area contributed by atoms with Crippen molar-refractivity contribution in [1.29, 1.82) is 0 Å². The van der Waals surface area contributed by atoms with Crippen LogP contribution in [0.2, 0.25) is 10.0 Å². The summed E-state index contributed by atoms with van der Waals surface area (Å²) >= 11 is 12.9. The second-order valence-electron chi connectivity index (χ2n) is 6.00. The van der Waals surface area contributed by atoms with E-state index in [-0.39, 0.29) is 21.9 Å². The molecule has 2 aromatic carbocycles. The average Bonchev–Trinajstić information content (AvgIpc) is 3.24. The van der Waals surface area contributed by atoms with Gasteiger partial charge in [-0.25, -0.2) is 8.42 Å². The van der Waals surface area contributed by atoms with E-state index in [1.165, 1.54) is 24.3 Å². The van der Waals surface area contributed by atoms with Crippen molar-refractivity contribution >= 4 is 62.1 Å². The maximum absolute atomic E-state index is 12.5. The standard InChI is InChI=1S/C19H15Cl2N3O4S2/c20-13-8-7-12(15(21)11-13)10-17(25)22-23-19(26)14-4-1-2-5-16(14)24-30(27,28)18-6-3-9-29-18/h1-9,11,24H,10H2,(H,22,25)(H,23,26). The maximum atomic E-state index is 12.5. The van der Waals surface area contributed by atoms with Crippen LogP contribution in [-0.2, 0) is 21.2 Å². The minimum Gasteiger partial charge on any atom is -0.278 e. The van der Waals surface area contributed by atoms with Crippen LogP contribution in [0.5, 0.6) is 0 Å². The number of rotatable bonds is 6. The molecule has 3 aromatic rings. The molecule has 0 atom stereocenters. The molecule has 0 saturated heterocycles. The molecule has 0 fully saturated rings. The predicted octanol–water partition coefficient (Wildman–Crippen LogP) is 3.86. The second kappa shape index (κ2) is 9.48. The molecule has 3 N–H and O–H groups in total. The number of amides is 2. The molecule has 11 heteroatoms. The highest BCUT2D eigenvalue weighted by Gasteiger charge is 2.19. The molecule has 0 aliphatic heterocycles. The number of hydrogen-bond acceptors (Lipinski definition) is 5. The third kappa shape index (κ3) is 5.51. The quantitative estimate of drug-likeness (QED) is 0.462. The van der Waals surface area contributed by atoms with Crippen LogP contribution in [0.1, 0.15) is 15.9 Å². The highest BCUT2D eigenvalue weighted by Crippen LogP contribution is 2.23. The zero-order valence-corrected chi connectivity index (χ0v) is 18.3. The summed E-state index contributed by atoms with van der Waals surface area (Å²) in [5.41, 5.74) is 5.22. The van der Waals surface area contributed by atoms with Crippen LogP contribution >= 0.6 is 34.5 Å². The molecule has 7 nitrogen and oxygen atoms in total. The largest absolute Gasteiger partial charge is 0.278 e. The second-order valence-corrected chi connectivity index (χ2v) is 9.70. The van der Waals surface area contributed by atoms with E-state index < -0.39 is 21.8 Å². The van der Waals surface area contributed by atoms with Crippen LogP contribution in [-0.4, -0.2) is 20.2 Å². The van der Waals surface area contributed by atoms with Crippen molar-refractivity contribution in [3.05, 3.63) is 81.1 Å². The molecule has 0 spiro atoms. The summed E-state index contributed by atoms with van der Waals surface area (Å²) in [6, 6.07) is 13.8. The van der Waals surface area contributed by atoms with Gasteiger partial charge >= 0.3 is 0 Å². The van der Waals surface area contributed by atoms with E-state index in [1.54, 1.807) is 35.7 Å². The highest BCUT2D eigenvalue weighted by molar-refractivity contribution is 7.94. The van der Waals surface area contributed by atoms with Gasteiger partial charge in [0.1, 0.15) is 4.21 Å². The van der Waals surface area contributed by atoms with Crippen molar-refractivity contribution in [2.75, 3.05) is 4.72 Å². The first-order chi connectivity index (χ1) is 14.3. The van der Waals surface area contributed by atoms with Crippen molar-refractivity contribution < 1.29 is 18.0 Å². The van der Waals surface area contributed by atoms with Gasteiger partial charge < -0.3 is 0 Å². The number of benzene rings is 2. The SMILES string of the molecule is O=C(Cc1ccc(Cl)cc1Cl)NNC(=O)c1ccccc1NS(=O)(=O)c1cccs1. The molecular weight excluding hydrogens is 469 g/mol. The lowest BCUT2D eigenvalue weighted by Gasteiger charge is -2.13. The number of hydrazine groups is 1. The molecule has 3 rings (SSSR count). The Morgan fingerprint density at radius 2 is 1.73 bits per heavy atom. The number of carbonyl (C=O) groups excluding carboxylic acids is 2. The van der Waals surface area contributed by atoms with Gasteiger partial charge in [-0.05, 0) is 41.3 Å². The van der Waals surface area contributed by atoms with Crippen LogP contribution in [0.4, 0.5) is 5.69 Å². The number of thiophene rings is 1. The van der Waals surface area contributed by atoms with Crippen LogP contribution in [0.15, 0.2) is 64.2 Å². The number of hydrogen-bond donors (Lipinski definition) is 3. The highest BCUT2D eigenvalue weighted by atomic mass is 35.5. The molecule has 0 radical (unpaired) electrons. The number of carbonyl (C=O) groups is 2. The van der Waals surface area contributed by atoms with Gasteiger partial charge in [0, 0.05) is 10.0 Å². The molecule has 0 aliphatic rings. The predicted molar refractivity (Wildman–Crippen MR) is 117 cm³/mol. The van der Waals surface area contributed by atoms with Crippen molar-refractivity contribution in [1.82, 2.24) is 10.9 Å². The fraction of sp³-hybridized carbons (Fsp3) is 0.0526. The molecule has 2 amide bonds. The van der Waals surface area contributed by atoms with Gasteiger partial charge in [0.05, 0.1) is 17.7 Å². The molecule has 156 valence electrons. The number of halogens is 2. The molecule has 0 unspecified atom stereocenters. The first kappa shape index (κ1) is 22.1. The third-order valence-electron chi connectivity index (χ3n) is 3.86. The van der Waals surface area contributed by atoms with Gasteiger partial charge in [-0.3, -0.25) is 25.2 Å². The number of sulfonamides is 1. The molecule has 1 heterocycles. The minimum absolute atomic E-state index is 0.0439. The van der Waals surface area contributed by atoms with E-state index in [1.807, 2.05) is 0 Å². The molecule has 1 aromatic heterocycles. The number of nitrogens with one attached hydrogen (secondary N) is 3. The zero-order chi connectivity index (χ0) is 21.7.